The van der Waals surface area contributed by atoms with E-state index in [1.54, 1.807) is 11.9 Å². The van der Waals surface area contributed by atoms with Crippen LogP contribution in [0.25, 0.3) is 0 Å². The van der Waals surface area contributed by atoms with Gasteiger partial charge in [0.15, 0.2) is 0 Å². The topological polar surface area (TPSA) is 12.4 Å². The van der Waals surface area contributed by atoms with Gasteiger partial charge in [0.25, 0.3) is 0 Å². The van der Waals surface area contributed by atoms with Crippen LogP contribution in [-0.2, 0) is 0 Å². The predicted molar refractivity (Wildman–Crippen MR) is 64.4 cm³/mol. The molecule has 0 unspecified atom stereocenters. The Balaban J connectivity index is 4.03. The summed E-state index contributed by atoms with van der Waals surface area (Å²) in [4.78, 5) is 0. The fourth-order valence-corrected chi connectivity index (χ4v) is 1.41. The third-order valence-corrected chi connectivity index (χ3v) is 2.16. The van der Waals surface area contributed by atoms with E-state index in [4.69, 9.17) is 0 Å². The molecule has 0 rings (SSSR count). The first-order valence-corrected chi connectivity index (χ1v) is 5.38. The highest BCUT2D eigenvalue weighted by molar-refractivity contribution is 7.99. The van der Waals surface area contributed by atoms with Crippen molar-refractivity contribution in [2.75, 3.05) is 0 Å². The Morgan fingerprint density at radius 3 is 2.15 bits per heavy atom. The van der Waals surface area contributed by atoms with Gasteiger partial charge in [-0.25, -0.2) is 4.40 Å². The van der Waals surface area contributed by atoms with Gasteiger partial charge >= 0.3 is 0 Å². The number of allylic oxidation sites excluding steroid dienone is 1. The van der Waals surface area contributed by atoms with Crippen LogP contribution >= 0.6 is 11.9 Å². The van der Waals surface area contributed by atoms with Gasteiger partial charge in [0.2, 0.25) is 0 Å². The van der Waals surface area contributed by atoms with E-state index in [2.05, 4.69) is 45.6 Å². The highest BCUT2D eigenvalue weighted by Crippen LogP contribution is 2.26. The Bertz CT molecular complexity index is 187. The maximum Gasteiger partial charge on any atom is 0.0294 e. The molecule has 2 heteroatoms. The van der Waals surface area contributed by atoms with Crippen molar-refractivity contribution in [3.05, 3.63) is 12.7 Å². The molecule has 0 saturated carbocycles. The van der Waals surface area contributed by atoms with E-state index in [0.29, 0.717) is 0 Å². The van der Waals surface area contributed by atoms with Gasteiger partial charge in [-0.3, -0.25) is 0 Å². The minimum absolute atomic E-state index is 0.139. The molecule has 1 nitrogen and oxygen atoms in total. The molecule has 0 bridgehead atoms. The van der Waals surface area contributed by atoms with E-state index in [0.717, 1.165) is 6.42 Å². The summed E-state index contributed by atoms with van der Waals surface area (Å²) in [6.07, 6.45) is 4.93. The van der Waals surface area contributed by atoms with Crippen LogP contribution in [0.3, 0.4) is 0 Å². The predicted octanol–water partition coefficient (Wildman–Crippen LogP) is 4.11. The average molecular weight is 199 g/mol. The minimum Gasteiger partial charge on any atom is -0.228 e. The highest BCUT2D eigenvalue weighted by atomic mass is 32.2. The molecule has 0 aliphatic rings. The largest absolute Gasteiger partial charge is 0.228 e. The van der Waals surface area contributed by atoms with Crippen molar-refractivity contribution >= 4 is 18.2 Å². The molecule has 0 aromatic rings. The van der Waals surface area contributed by atoms with Crippen molar-refractivity contribution in [2.45, 2.75) is 45.8 Å². The lowest BCUT2D eigenvalue weighted by Crippen LogP contribution is -2.12. The summed E-state index contributed by atoms with van der Waals surface area (Å²) in [5.41, 5.74) is 0.139. The number of rotatable bonds is 4. The summed E-state index contributed by atoms with van der Waals surface area (Å²) >= 11 is 1.62. The van der Waals surface area contributed by atoms with E-state index in [1.807, 2.05) is 12.3 Å². The maximum atomic E-state index is 4.38. The monoisotopic (exact) mass is 199 g/mol. The van der Waals surface area contributed by atoms with Gasteiger partial charge in [-0.05, 0) is 39.1 Å². The molecule has 0 aromatic heterocycles. The molecular formula is C11H21NS. The van der Waals surface area contributed by atoms with E-state index in [1.165, 1.54) is 0 Å². The second-order valence-corrected chi connectivity index (χ2v) is 6.54. The summed E-state index contributed by atoms with van der Waals surface area (Å²) in [5.74, 6) is 0. The molecule has 0 N–H and O–H groups in total. The molecule has 0 spiro atoms. The molecule has 0 fully saturated rings. The molecule has 76 valence electrons. The molecule has 0 atom stereocenters. The van der Waals surface area contributed by atoms with Crippen LogP contribution in [0.2, 0.25) is 0 Å². The van der Waals surface area contributed by atoms with Crippen molar-refractivity contribution in [3.8, 4) is 0 Å². The zero-order chi connectivity index (χ0) is 10.5. The standard InChI is InChI=1S/C11H21NS/c1-7-8-11(5,6)9-12-13-10(2,3)4/h7,9H,1,8H2,2-6H3/b12-9+. The normalized spacial score (nSPS) is 13.6. The van der Waals surface area contributed by atoms with E-state index in [9.17, 15) is 0 Å². The fraction of sp³-hybridized carbons (Fsp3) is 0.727. The van der Waals surface area contributed by atoms with Gasteiger partial charge in [0.1, 0.15) is 0 Å². The van der Waals surface area contributed by atoms with Crippen molar-refractivity contribution in [1.82, 2.24) is 0 Å². The highest BCUT2D eigenvalue weighted by Gasteiger charge is 2.14. The quantitative estimate of drug-likeness (QED) is 0.377. The fourth-order valence-electron chi connectivity index (χ4n) is 0.752. The Kier molecular flexibility index (Phi) is 4.76. The number of hydrogen-bond donors (Lipinski definition) is 0. The van der Waals surface area contributed by atoms with Crippen molar-refractivity contribution in [3.63, 3.8) is 0 Å². The van der Waals surface area contributed by atoms with Crippen LogP contribution in [0.1, 0.15) is 41.0 Å². The molecule has 0 saturated heterocycles. The van der Waals surface area contributed by atoms with Gasteiger partial charge in [-0.1, -0.05) is 19.9 Å². The first-order chi connectivity index (χ1) is 5.77. The lowest BCUT2D eigenvalue weighted by atomic mass is 9.91. The molecule has 13 heavy (non-hydrogen) atoms. The Hall–Kier alpha value is -0.240. The lowest BCUT2D eigenvalue weighted by Gasteiger charge is -2.18. The van der Waals surface area contributed by atoms with Gasteiger partial charge < -0.3 is 0 Å². The van der Waals surface area contributed by atoms with Gasteiger partial charge in [0.05, 0.1) is 0 Å². The van der Waals surface area contributed by atoms with E-state index < -0.39 is 0 Å². The third-order valence-electron chi connectivity index (χ3n) is 1.40. The van der Waals surface area contributed by atoms with Crippen molar-refractivity contribution < 1.29 is 0 Å². The van der Waals surface area contributed by atoms with Crippen LogP contribution in [0.5, 0.6) is 0 Å². The zero-order valence-electron chi connectivity index (χ0n) is 9.42. The Labute approximate surface area is 86.9 Å². The second-order valence-electron chi connectivity index (χ2n) is 4.92. The van der Waals surface area contributed by atoms with Crippen LogP contribution in [-0.4, -0.2) is 11.0 Å². The smallest absolute Gasteiger partial charge is 0.0294 e. The summed E-state index contributed by atoms with van der Waals surface area (Å²) in [5, 5.41) is 0. The minimum atomic E-state index is 0.139. The first-order valence-electron chi connectivity index (χ1n) is 4.60. The maximum absolute atomic E-state index is 4.38. The van der Waals surface area contributed by atoms with Gasteiger partial charge in [0, 0.05) is 16.4 Å². The molecule has 0 radical (unpaired) electrons. The zero-order valence-corrected chi connectivity index (χ0v) is 10.2. The Morgan fingerprint density at radius 2 is 1.77 bits per heavy atom. The van der Waals surface area contributed by atoms with Crippen molar-refractivity contribution in [2.24, 2.45) is 9.81 Å². The number of hydrogen-bond acceptors (Lipinski definition) is 2. The second kappa shape index (κ2) is 4.85. The molecule has 0 heterocycles. The summed E-state index contributed by atoms with van der Waals surface area (Å²) in [7, 11) is 0. The average Bonchev–Trinajstić information content (AvgIpc) is 1.82. The Morgan fingerprint density at radius 1 is 1.23 bits per heavy atom. The third kappa shape index (κ3) is 8.10. The van der Waals surface area contributed by atoms with Gasteiger partial charge in [-0.15, -0.1) is 6.58 Å². The molecular weight excluding hydrogens is 178 g/mol. The summed E-state index contributed by atoms with van der Waals surface area (Å²) in [6, 6.07) is 0. The van der Waals surface area contributed by atoms with Crippen molar-refractivity contribution in [1.29, 1.82) is 0 Å². The number of nitrogens with zero attached hydrogens (tertiary/aromatic N) is 1. The van der Waals surface area contributed by atoms with Crippen LogP contribution in [0.15, 0.2) is 17.1 Å². The van der Waals surface area contributed by atoms with Gasteiger partial charge in [-0.2, -0.15) is 0 Å². The molecule has 0 amide bonds. The van der Waals surface area contributed by atoms with Crippen LogP contribution in [0.4, 0.5) is 0 Å². The molecule has 0 aliphatic heterocycles. The first kappa shape index (κ1) is 12.8. The summed E-state index contributed by atoms with van der Waals surface area (Å²) < 4.78 is 4.59. The molecule has 0 aliphatic carbocycles. The van der Waals surface area contributed by atoms with Crippen LogP contribution in [0, 0.1) is 5.41 Å². The van der Waals surface area contributed by atoms with E-state index >= 15 is 0 Å². The van der Waals surface area contributed by atoms with Crippen LogP contribution < -0.4 is 0 Å². The lowest BCUT2D eigenvalue weighted by molar-refractivity contribution is 0.547. The SMILES string of the molecule is C=CCC(C)(C)/C=N/SC(C)(C)C. The summed E-state index contributed by atoms with van der Waals surface area (Å²) in [6.45, 7) is 14.6. The van der Waals surface area contributed by atoms with E-state index in [-0.39, 0.29) is 10.2 Å². The molecule has 0 aromatic carbocycles.